The Morgan fingerprint density at radius 2 is 1.54 bits per heavy atom. The van der Waals surface area contributed by atoms with Gasteiger partial charge in [0.05, 0.1) is 44.1 Å². The standard InChI is InChI=1S/C43H54N8O9.CH2O2/c1-45(2)43(57)50-12-11-30-33(26-50)32(25-47(4)40(30)54)27-21-36(58-5)34(37(22-27)59-6)24-46(3)17-19-60-20-18-48-13-15-49(16-14-48)28-7-8-29-31(23-28)42(56)51(41(29)55)35-9-10-38(52)44-39(35)53;2-1-3/h7-8,21-23,25,35H,9-20,24,26H2,1-6H3,(H,44,52,53);1H,(H,2,3). The third kappa shape index (κ3) is 10.0. The van der Waals surface area contributed by atoms with Gasteiger partial charge in [0, 0.05) is 109 Å². The first-order valence-corrected chi connectivity index (χ1v) is 20.8. The molecule has 63 heavy (non-hydrogen) atoms. The number of piperidine rings is 1. The van der Waals surface area contributed by atoms with Crippen molar-refractivity contribution in [3.63, 3.8) is 0 Å². The fourth-order valence-corrected chi connectivity index (χ4v) is 8.53. The van der Waals surface area contributed by atoms with Gasteiger partial charge >= 0.3 is 6.03 Å². The molecule has 1 unspecified atom stereocenters. The van der Waals surface area contributed by atoms with Crippen molar-refractivity contribution in [3.8, 4) is 22.6 Å². The summed E-state index contributed by atoms with van der Waals surface area (Å²) < 4.78 is 19.5. The average Bonchev–Trinajstić information content (AvgIpc) is 3.52. The van der Waals surface area contributed by atoms with Crippen molar-refractivity contribution < 1.29 is 48.1 Å². The summed E-state index contributed by atoms with van der Waals surface area (Å²) >= 11 is 0. The lowest BCUT2D eigenvalue weighted by molar-refractivity contribution is -0.136. The first-order valence-electron chi connectivity index (χ1n) is 20.8. The molecule has 0 bridgehead atoms. The van der Waals surface area contributed by atoms with Gasteiger partial charge in [-0.25, -0.2) is 4.79 Å². The third-order valence-electron chi connectivity index (χ3n) is 11.9. The highest BCUT2D eigenvalue weighted by molar-refractivity contribution is 6.23. The van der Waals surface area contributed by atoms with Gasteiger partial charge in [0.15, 0.2) is 0 Å². The van der Waals surface area contributed by atoms with Crippen molar-refractivity contribution >= 4 is 41.8 Å². The highest BCUT2D eigenvalue weighted by Gasteiger charge is 2.45. The predicted molar refractivity (Wildman–Crippen MR) is 231 cm³/mol. The molecule has 5 heterocycles. The van der Waals surface area contributed by atoms with Gasteiger partial charge in [-0.15, -0.1) is 0 Å². The van der Waals surface area contributed by atoms with Crippen molar-refractivity contribution in [2.45, 2.75) is 38.4 Å². The number of aromatic nitrogens is 1. The molecule has 4 aliphatic rings. The lowest BCUT2D eigenvalue weighted by atomic mass is 9.92. The Morgan fingerprint density at radius 1 is 0.873 bits per heavy atom. The molecular formula is C44H56N8O11. The number of ether oxygens (including phenoxy) is 3. The maximum absolute atomic E-state index is 13.3. The Labute approximate surface area is 365 Å². The van der Waals surface area contributed by atoms with Crippen LogP contribution >= 0.6 is 0 Å². The SMILES string of the molecule is COc1cc(-c2cn(C)c(=O)c3c2CN(C(=O)N(C)C)CC3)cc(OC)c1CN(C)CCOCCN1CCN(c2ccc3c(c2)C(=O)N(C2CCC(=O)NC2=O)C3=O)CC1.O=CO. The number of fused-ring (bicyclic) bond motifs is 2. The van der Waals surface area contributed by atoms with Gasteiger partial charge in [-0.2, -0.15) is 0 Å². The van der Waals surface area contributed by atoms with Crippen LogP contribution in [0.1, 0.15) is 50.2 Å². The molecule has 19 nitrogen and oxygen atoms in total. The Kier molecular flexibility index (Phi) is 14.9. The number of nitrogens with one attached hydrogen (secondary N) is 1. The normalized spacial score (nSPS) is 17.5. The molecule has 0 radical (unpaired) electrons. The first-order chi connectivity index (χ1) is 30.2. The molecule has 0 spiro atoms. The summed E-state index contributed by atoms with van der Waals surface area (Å²) in [5.41, 5.74) is 5.48. The molecule has 2 saturated heterocycles. The summed E-state index contributed by atoms with van der Waals surface area (Å²) in [6.45, 7) is 6.75. The number of carbonyl (C=O) groups excluding carboxylic acids is 5. The zero-order valence-electron chi connectivity index (χ0n) is 36.7. The Morgan fingerprint density at radius 3 is 2.17 bits per heavy atom. The highest BCUT2D eigenvalue weighted by Crippen LogP contribution is 2.38. The van der Waals surface area contributed by atoms with Crippen molar-refractivity contribution in [3.05, 3.63) is 74.7 Å². The van der Waals surface area contributed by atoms with E-state index in [1.54, 1.807) is 61.9 Å². The quantitative estimate of drug-likeness (QED) is 0.142. The molecule has 2 N–H and O–H groups in total. The number of rotatable bonds is 13. The number of hydrogen-bond acceptors (Lipinski definition) is 13. The number of amides is 6. The van der Waals surface area contributed by atoms with Crippen LogP contribution in [0, 0.1) is 0 Å². The van der Waals surface area contributed by atoms with E-state index in [1.165, 1.54) is 0 Å². The molecule has 0 saturated carbocycles. The number of anilines is 1. The van der Waals surface area contributed by atoms with E-state index in [0.29, 0.717) is 57.3 Å². The van der Waals surface area contributed by atoms with E-state index in [-0.39, 0.29) is 42.0 Å². The number of piperazine rings is 1. The van der Waals surface area contributed by atoms with Crippen LogP contribution in [-0.2, 0) is 45.7 Å². The van der Waals surface area contributed by atoms with E-state index >= 15 is 0 Å². The summed E-state index contributed by atoms with van der Waals surface area (Å²) in [5, 5.41) is 9.12. The van der Waals surface area contributed by atoms with Crippen LogP contribution in [-0.4, -0.2) is 171 Å². The van der Waals surface area contributed by atoms with Gasteiger partial charge in [-0.1, -0.05) is 0 Å². The molecular weight excluding hydrogens is 817 g/mol. The maximum Gasteiger partial charge on any atom is 0.319 e. The third-order valence-corrected chi connectivity index (χ3v) is 11.9. The van der Waals surface area contributed by atoms with Gasteiger partial charge < -0.3 is 38.6 Å². The number of imide groups is 2. The molecule has 7 rings (SSSR count). The topological polar surface area (TPSA) is 204 Å². The number of likely N-dealkylation sites (N-methyl/N-ethyl adjacent to an activating group) is 1. The molecule has 3 aromatic rings. The zero-order chi connectivity index (χ0) is 45.5. The number of urea groups is 1. The smallest absolute Gasteiger partial charge is 0.319 e. The van der Waals surface area contributed by atoms with Gasteiger partial charge in [0.2, 0.25) is 11.8 Å². The van der Waals surface area contributed by atoms with E-state index in [0.717, 1.165) is 71.1 Å². The fraction of sp³-hybridized carbons (Fsp3) is 0.477. The van der Waals surface area contributed by atoms with Crippen LogP contribution in [0.15, 0.2) is 41.3 Å². The lowest BCUT2D eigenvalue weighted by Crippen LogP contribution is -2.54. The number of hydrogen-bond donors (Lipinski definition) is 2. The van der Waals surface area contributed by atoms with Gasteiger partial charge in [-0.3, -0.25) is 48.8 Å². The van der Waals surface area contributed by atoms with E-state index in [1.807, 2.05) is 31.4 Å². The monoisotopic (exact) mass is 872 g/mol. The number of aryl methyl sites for hydroxylation is 1. The minimum atomic E-state index is -0.989. The zero-order valence-corrected chi connectivity index (χ0v) is 36.7. The van der Waals surface area contributed by atoms with Crippen LogP contribution in [0.25, 0.3) is 11.1 Å². The number of nitrogens with zero attached hydrogens (tertiary/aromatic N) is 7. The van der Waals surface area contributed by atoms with Crippen LogP contribution in [0.2, 0.25) is 0 Å². The maximum atomic E-state index is 13.3. The van der Waals surface area contributed by atoms with E-state index in [9.17, 15) is 28.8 Å². The summed E-state index contributed by atoms with van der Waals surface area (Å²) in [6.07, 6.45) is 2.50. The molecule has 4 aliphatic heterocycles. The average molecular weight is 873 g/mol. The first kappa shape index (κ1) is 46.2. The lowest BCUT2D eigenvalue weighted by Gasteiger charge is -2.36. The number of carbonyl (C=O) groups is 6. The van der Waals surface area contributed by atoms with Gasteiger partial charge in [0.25, 0.3) is 23.8 Å². The molecule has 2 aromatic carbocycles. The summed E-state index contributed by atoms with van der Waals surface area (Å²) in [4.78, 5) is 95.8. The van der Waals surface area contributed by atoms with Gasteiger partial charge in [0.1, 0.15) is 17.5 Å². The Hall–Kier alpha value is -6.31. The van der Waals surface area contributed by atoms with Crippen LogP contribution in [0.4, 0.5) is 10.5 Å². The second-order valence-corrected chi connectivity index (χ2v) is 16.1. The minimum absolute atomic E-state index is 0.0533. The molecule has 6 amide bonds. The second-order valence-electron chi connectivity index (χ2n) is 16.1. The summed E-state index contributed by atoms with van der Waals surface area (Å²) in [5.74, 6) is -0.723. The van der Waals surface area contributed by atoms with Crippen molar-refractivity contribution in [2.75, 3.05) is 99.3 Å². The highest BCUT2D eigenvalue weighted by atomic mass is 16.5. The molecule has 0 aliphatic carbocycles. The Bertz CT molecular complexity index is 2280. The Balaban J connectivity index is 0.00000214. The number of benzene rings is 2. The molecule has 338 valence electrons. The predicted octanol–water partition coefficient (Wildman–Crippen LogP) is 1.48. The molecule has 1 aromatic heterocycles. The number of carboxylic acid groups (broad SMARTS) is 1. The van der Waals surface area contributed by atoms with Crippen LogP contribution in [0.5, 0.6) is 11.5 Å². The summed E-state index contributed by atoms with van der Waals surface area (Å²) in [6, 6.07) is 8.09. The molecule has 19 heteroatoms. The van der Waals surface area contributed by atoms with Gasteiger partial charge in [-0.05, 0) is 61.3 Å². The largest absolute Gasteiger partial charge is 0.496 e. The molecule has 1 atom stereocenters. The van der Waals surface area contributed by atoms with E-state index < -0.39 is 29.7 Å². The van der Waals surface area contributed by atoms with Crippen molar-refractivity contribution in [1.82, 2.24) is 34.4 Å². The van der Waals surface area contributed by atoms with Crippen molar-refractivity contribution in [2.24, 2.45) is 7.05 Å². The van der Waals surface area contributed by atoms with Crippen LogP contribution in [0.3, 0.4) is 0 Å². The number of pyridine rings is 1. The fourth-order valence-electron chi connectivity index (χ4n) is 8.53. The van der Waals surface area contributed by atoms with Crippen LogP contribution < -0.4 is 25.2 Å². The molecule has 2 fully saturated rings. The summed E-state index contributed by atoms with van der Waals surface area (Å²) in [7, 11) is 10.5. The van der Waals surface area contributed by atoms with Crippen molar-refractivity contribution in [1.29, 1.82) is 0 Å². The van der Waals surface area contributed by atoms with E-state index in [4.69, 9.17) is 24.1 Å². The van der Waals surface area contributed by atoms with E-state index in [2.05, 4.69) is 20.0 Å². The second kappa shape index (κ2) is 20.3. The minimum Gasteiger partial charge on any atom is -0.496 e. The number of methoxy groups -OCH3 is 2.